The molecule has 2 aliphatic rings. The largest absolute Gasteiger partial charge is 0.339 e. The van der Waals surface area contributed by atoms with Crippen LogP contribution in [0.5, 0.6) is 0 Å². The van der Waals surface area contributed by atoms with Gasteiger partial charge in [-0.05, 0) is 48.9 Å². The highest BCUT2D eigenvalue weighted by atomic mass is 32.2. The second kappa shape index (κ2) is 8.80. The van der Waals surface area contributed by atoms with Crippen molar-refractivity contribution < 1.29 is 18.0 Å². The maximum absolute atomic E-state index is 13.2. The Bertz CT molecular complexity index is 1090. The van der Waals surface area contributed by atoms with E-state index in [1.807, 2.05) is 29.2 Å². The van der Waals surface area contributed by atoms with Crippen LogP contribution < -0.4 is 5.32 Å². The van der Waals surface area contributed by atoms with Gasteiger partial charge < -0.3 is 10.2 Å². The van der Waals surface area contributed by atoms with Gasteiger partial charge in [0.1, 0.15) is 6.04 Å². The Hall–Kier alpha value is -2.71. The number of likely N-dealkylation sites (tertiary alicyclic amines) is 1. The summed E-state index contributed by atoms with van der Waals surface area (Å²) in [6.45, 7) is 1.58. The van der Waals surface area contributed by atoms with Crippen LogP contribution in [0.2, 0.25) is 0 Å². The molecule has 0 bridgehead atoms. The first kappa shape index (κ1) is 21.5. The summed E-state index contributed by atoms with van der Waals surface area (Å²) < 4.78 is 26.1. The van der Waals surface area contributed by atoms with Gasteiger partial charge in [0.15, 0.2) is 0 Å². The Morgan fingerprint density at radius 1 is 0.935 bits per heavy atom. The van der Waals surface area contributed by atoms with E-state index in [-0.39, 0.29) is 18.9 Å². The van der Waals surface area contributed by atoms with Gasteiger partial charge in [0.2, 0.25) is 15.9 Å². The van der Waals surface area contributed by atoms with E-state index in [0.29, 0.717) is 24.3 Å². The van der Waals surface area contributed by atoms with E-state index in [4.69, 9.17) is 0 Å². The molecule has 1 fully saturated rings. The van der Waals surface area contributed by atoms with Crippen LogP contribution in [0.3, 0.4) is 0 Å². The van der Waals surface area contributed by atoms with Gasteiger partial charge in [-0.15, -0.1) is 0 Å². The number of rotatable bonds is 4. The van der Waals surface area contributed by atoms with Crippen LogP contribution in [-0.4, -0.2) is 54.8 Å². The van der Waals surface area contributed by atoms with Crippen LogP contribution in [0, 0.1) is 0 Å². The van der Waals surface area contributed by atoms with Crippen LogP contribution in [0.1, 0.15) is 40.7 Å². The standard InChI is InChI=1S/C23H27N3O4S/c1-31(29,30)26-16-18-10-4-3-9-17(18)15-21(26)22(27)24-20-12-6-5-11-19(20)23(28)25-13-7-2-8-14-25/h3-6,9-12,21H,2,7-8,13-16H2,1H3,(H,24,27)/t21-/m0/s1. The lowest BCUT2D eigenvalue weighted by atomic mass is 9.95. The van der Waals surface area contributed by atoms with E-state index in [2.05, 4.69) is 5.32 Å². The van der Waals surface area contributed by atoms with Crippen molar-refractivity contribution in [3.05, 3.63) is 65.2 Å². The molecule has 0 saturated carbocycles. The Labute approximate surface area is 183 Å². The molecular weight excluding hydrogens is 414 g/mol. The van der Waals surface area contributed by atoms with E-state index in [9.17, 15) is 18.0 Å². The summed E-state index contributed by atoms with van der Waals surface area (Å²) in [5, 5.41) is 2.84. The van der Waals surface area contributed by atoms with Crippen molar-refractivity contribution in [3.8, 4) is 0 Å². The minimum Gasteiger partial charge on any atom is -0.339 e. The third kappa shape index (κ3) is 4.65. The number of hydrogen-bond donors (Lipinski definition) is 1. The molecule has 0 aromatic heterocycles. The first-order chi connectivity index (χ1) is 14.8. The number of para-hydroxylation sites is 1. The number of benzene rings is 2. The Kier molecular flexibility index (Phi) is 6.11. The summed E-state index contributed by atoms with van der Waals surface area (Å²) in [5.41, 5.74) is 2.70. The molecule has 31 heavy (non-hydrogen) atoms. The Morgan fingerprint density at radius 3 is 2.29 bits per heavy atom. The van der Waals surface area contributed by atoms with Crippen LogP contribution in [-0.2, 0) is 27.8 Å². The third-order valence-corrected chi connectivity index (χ3v) is 7.23. The number of nitrogens with zero attached hydrogens (tertiary/aromatic N) is 2. The van der Waals surface area contributed by atoms with E-state index >= 15 is 0 Å². The van der Waals surface area contributed by atoms with Crippen LogP contribution >= 0.6 is 0 Å². The number of piperidine rings is 1. The van der Waals surface area contributed by atoms with Crippen LogP contribution in [0.4, 0.5) is 5.69 Å². The van der Waals surface area contributed by atoms with Crippen LogP contribution in [0.25, 0.3) is 0 Å². The highest BCUT2D eigenvalue weighted by Gasteiger charge is 2.37. The second-order valence-electron chi connectivity index (χ2n) is 8.18. The highest BCUT2D eigenvalue weighted by molar-refractivity contribution is 7.88. The quantitative estimate of drug-likeness (QED) is 0.790. The number of anilines is 1. The maximum Gasteiger partial charge on any atom is 0.255 e. The molecule has 1 atom stereocenters. The van der Waals surface area contributed by atoms with Crippen LogP contribution in [0.15, 0.2) is 48.5 Å². The number of carbonyl (C=O) groups excluding carboxylic acids is 2. The molecule has 1 saturated heterocycles. The molecule has 164 valence electrons. The molecule has 0 spiro atoms. The fraction of sp³-hybridized carbons (Fsp3) is 0.391. The number of sulfonamides is 1. The van der Waals surface area contributed by atoms with Gasteiger partial charge in [0, 0.05) is 19.6 Å². The van der Waals surface area contributed by atoms with Crippen molar-refractivity contribution in [2.45, 2.75) is 38.3 Å². The lowest BCUT2D eigenvalue weighted by Gasteiger charge is -2.34. The van der Waals surface area contributed by atoms with Gasteiger partial charge in [-0.2, -0.15) is 4.31 Å². The predicted molar refractivity (Wildman–Crippen MR) is 119 cm³/mol. The SMILES string of the molecule is CS(=O)(=O)N1Cc2ccccc2C[C@H]1C(=O)Nc1ccccc1C(=O)N1CCCCC1. The molecule has 8 heteroatoms. The van der Waals surface area contributed by atoms with Crippen molar-refractivity contribution in [3.63, 3.8) is 0 Å². The predicted octanol–water partition coefficient (Wildman–Crippen LogP) is 2.64. The van der Waals surface area contributed by atoms with Gasteiger partial charge in [-0.3, -0.25) is 9.59 Å². The molecule has 2 aromatic rings. The molecular formula is C23H27N3O4S. The van der Waals surface area contributed by atoms with Crippen molar-refractivity contribution in [1.82, 2.24) is 9.21 Å². The number of fused-ring (bicyclic) bond motifs is 1. The maximum atomic E-state index is 13.2. The van der Waals surface area contributed by atoms with Crippen molar-refractivity contribution in [1.29, 1.82) is 0 Å². The van der Waals surface area contributed by atoms with E-state index < -0.39 is 22.0 Å². The minimum absolute atomic E-state index is 0.107. The van der Waals surface area contributed by atoms with E-state index in [0.717, 1.165) is 36.6 Å². The molecule has 2 aliphatic heterocycles. The molecule has 2 heterocycles. The monoisotopic (exact) mass is 441 g/mol. The zero-order valence-corrected chi connectivity index (χ0v) is 18.4. The van der Waals surface area contributed by atoms with Gasteiger partial charge in [0.05, 0.1) is 17.5 Å². The van der Waals surface area contributed by atoms with Crippen molar-refractivity contribution in [2.75, 3.05) is 24.7 Å². The summed E-state index contributed by atoms with van der Waals surface area (Å²) in [5.74, 6) is -0.539. The fourth-order valence-electron chi connectivity index (χ4n) is 4.33. The molecule has 2 aromatic carbocycles. The minimum atomic E-state index is -3.60. The van der Waals surface area contributed by atoms with Gasteiger partial charge >= 0.3 is 0 Å². The molecule has 1 N–H and O–H groups in total. The first-order valence-electron chi connectivity index (χ1n) is 10.6. The summed E-state index contributed by atoms with van der Waals surface area (Å²) >= 11 is 0. The molecule has 0 aliphatic carbocycles. The smallest absolute Gasteiger partial charge is 0.255 e. The average Bonchev–Trinajstić information content (AvgIpc) is 2.78. The molecule has 4 rings (SSSR count). The van der Waals surface area contributed by atoms with Gasteiger partial charge in [0.25, 0.3) is 5.91 Å². The van der Waals surface area contributed by atoms with Gasteiger partial charge in [-0.1, -0.05) is 36.4 Å². The lowest BCUT2D eigenvalue weighted by Crippen LogP contribution is -2.50. The summed E-state index contributed by atoms with van der Waals surface area (Å²) in [4.78, 5) is 28.1. The van der Waals surface area contributed by atoms with Gasteiger partial charge in [-0.25, -0.2) is 8.42 Å². The number of carbonyl (C=O) groups is 2. The lowest BCUT2D eigenvalue weighted by molar-refractivity contribution is -0.120. The number of nitrogens with one attached hydrogen (secondary N) is 1. The van der Waals surface area contributed by atoms with Crippen molar-refractivity contribution >= 4 is 27.5 Å². The molecule has 0 unspecified atom stereocenters. The topological polar surface area (TPSA) is 86.8 Å². The zero-order chi connectivity index (χ0) is 22.0. The third-order valence-electron chi connectivity index (χ3n) is 5.99. The highest BCUT2D eigenvalue weighted by Crippen LogP contribution is 2.27. The first-order valence-corrected chi connectivity index (χ1v) is 12.4. The number of amides is 2. The Balaban J connectivity index is 1.60. The molecule has 7 nitrogen and oxygen atoms in total. The summed E-state index contributed by atoms with van der Waals surface area (Å²) in [6, 6.07) is 13.6. The van der Waals surface area contributed by atoms with Crippen molar-refractivity contribution in [2.24, 2.45) is 0 Å². The average molecular weight is 442 g/mol. The van der Waals surface area contributed by atoms with E-state index in [1.54, 1.807) is 24.3 Å². The summed E-state index contributed by atoms with van der Waals surface area (Å²) in [6.07, 6.45) is 4.48. The summed E-state index contributed by atoms with van der Waals surface area (Å²) in [7, 11) is -3.60. The van der Waals surface area contributed by atoms with E-state index in [1.165, 1.54) is 4.31 Å². The zero-order valence-electron chi connectivity index (χ0n) is 17.6. The number of hydrogen-bond acceptors (Lipinski definition) is 4. The molecule has 2 amide bonds. The fourth-order valence-corrected chi connectivity index (χ4v) is 5.34. The second-order valence-corrected chi connectivity index (χ2v) is 10.1. The Morgan fingerprint density at radius 2 is 1.58 bits per heavy atom. The molecule has 0 radical (unpaired) electrons. The normalized spacial score (nSPS) is 19.5.